The largest absolute Gasteiger partial charge is 0.392 e. The molecule has 66 valence electrons. The molecular weight excluding hydrogens is 148 g/mol. The van der Waals surface area contributed by atoms with Crippen molar-refractivity contribution in [1.82, 2.24) is 10.4 Å². The number of hydroxylamine groups is 1. The molecule has 2 N–H and O–H groups in total. The molecule has 0 aromatic carbocycles. The molecule has 0 aliphatic carbocycles. The van der Waals surface area contributed by atoms with Gasteiger partial charge in [-0.05, 0) is 6.92 Å². The number of hydrogen-bond acceptors (Lipinski definition) is 3. The second kappa shape index (κ2) is 4.92. The molecule has 0 saturated carbocycles. The van der Waals surface area contributed by atoms with Crippen molar-refractivity contribution >= 4 is 6.03 Å². The van der Waals surface area contributed by atoms with Crippen LogP contribution in [0.3, 0.4) is 0 Å². The molecule has 1 atom stereocenters. The van der Waals surface area contributed by atoms with Crippen LogP contribution in [0.2, 0.25) is 0 Å². The van der Waals surface area contributed by atoms with Gasteiger partial charge in [0, 0.05) is 13.6 Å². The number of likely N-dealkylation sites (N-methyl/N-ethyl adjacent to an activating group) is 1. The third-order valence-corrected chi connectivity index (χ3v) is 1.07. The van der Waals surface area contributed by atoms with Crippen LogP contribution in [-0.2, 0) is 4.84 Å². The highest BCUT2D eigenvalue weighted by Gasteiger charge is 2.08. The molecule has 0 aliphatic rings. The van der Waals surface area contributed by atoms with Crippen LogP contribution in [0.15, 0.2) is 0 Å². The number of amides is 2. The number of nitrogens with zero attached hydrogens (tertiary/aromatic N) is 1. The molecular formula is C6H14N2O3. The topological polar surface area (TPSA) is 61.8 Å². The first-order valence-corrected chi connectivity index (χ1v) is 3.30. The monoisotopic (exact) mass is 162 g/mol. The first-order chi connectivity index (χ1) is 5.07. The normalized spacial score (nSPS) is 12.4. The molecule has 0 unspecified atom stereocenters. The van der Waals surface area contributed by atoms with E-state index in [4.69, 9.17) is 5.11 Å². The molecule has 0 heterocycles. The van der Waals surface area contributed by atoms with Crippen molar-refractivity contribution in [3.63, 3.8) is 0 Å². The lowest BCUT2D eigenvalue weighted by Crippen LogP contribution is -2.40. The van der Waals surface area contributed by atoms with E-state index in [2.05, 4.69) is 10.3 Å². The van der Waals surface area contributed by atoms with Crippen LogP contribution in [-0.4, -0.2) is 42.8 Å². The fourth-order valence-corrected chi connectivity index (χ4v) is 0.644. The highest BCUT2D eigenvalue weighted by molar-refractivity contribution is 5.72. The zero-order valence-corrected chi connectivity index (χ0v) is 7.00. The van der Waals surface area contributed by atoms with E-state index in [-0.39, 0.29) is 12.6 Å². The Labute approximate surface area is 65.9 Å². The molecule has 0 fully saturated rings. The number of aliphatic hydroxyl groups excluding tert-OH is 1. The summed E-state index contributed by atoms with van der Waals surface area (Å²) in [6.07, 6.45) is -0.525. The molecule has 2 amide bonds. The molecule has 0 bridgehead atoms. The summed E-state index contributed by atoms with van der Waals surface area (Å²) in [6.45, 7) is 1.89. The van der Waals surface area contributed by atoms with Gasteiger partial charge in [0.25, 0.3) is 0 Å². The second-order valence-electron chi connectivity index (χ2n) is 2.34. The molecule has 0 aliphatic heterocycles. The van der Waals surface area contributed by atoms with Crippen molar-refractivity contribution in [3.05, 3.63) is 0 Å². The summed E-state index contributed by atoms with van der Waals surface area (Å²) in [5, 5.41) is 8.88. The van der Waals surface area contributed by atoms with Gasteiger partial charge in [0.2, 0.25) is 0 Å². The predicted octanol–water partition coefficient (Wildman–Crippen LogP) is -0.430. The Kier molecular flexibility index (Phi) is 4.56. The average molecular weight is 162 g/mol. The quantitative estimate of drug-likeness (QED) is 0.553. The Bertz CT molecular complexity index is 127. The lowest BCUT2D eigenvalue weighted by Gasteiger charge is -2.17. The molecule has 0 spiro atoms. The maximum atomic E-state index is 10.9. The summed E-state index contributed by atoms with van der Waals surface area (Å²) in [5.41, 5.74) is 2.13. The maximum Gasteiger partial charge on any atom is 0.341 e. The molecule has 5 heteroatoms. The van der Waals surface area contributed by atoms with Crippen LogP contribution in [0.4, 0.5) is 4.79 Å². The van der Waals surface area contributed by atoms with E-state index in [0.717, 1.165) is 0 Å². The molecule has 0 aromatic rings. The van der Waals surface area contributed by atoms with Crippen LogP contribution < -0.4 is 5.48 Å². The second-order valence-corrected chi connectivity index (χ2v) is 2.34. The van der Waals surface area contributed by atoms with Gasteiger partial charge in [-0.2, -0.15) is 0 Å². The van der Waals surface area contributed by atoms with Gasteiger partial charge < -0.3 is 10.0 Å². The van der Waals surface area contributed by atoms with E-state index >= 15 is 0 Å². The van der Waals surface area contributed by atoms with Gasteiger partial charge in [0.1, 0.15) is 0 Å². The van der Waals surface area contributed by atoms with Crippen LogP contribution in [0.1, 0.15) is 6.92 Å². The lowest BCUT2D eigenvalue weighted by atomic mass is 10.4. The number of rotatable bonds is 3. The standard InChI is InChI=1S/C6H14N2O3/c1-5(9)4-8(2)6(10)7-11-3/h5,9H,4H2,1-3H3,(H,7,10)/t5-/m0/s1. The van der Waals surface area contributed by atoms with Gasteiger partial charge in [-0.15, -0.1) is 0 Å². The van der Waals surface area contributed by atoms with E-state index < -0.39 is 6.10 Å². The molecule has 0 rings (SSSR count). The summed E-state index contributed by atoms with van der Waals surface area (Å²) < 4.78 is 0. The Morgan fingerprint density at radius 2 is 2.36 bits per heavy atom. The number of urea groups is 1. The van der Waals surface area contributed by atoms with Crippen molar-refractivity contribution in [2.45, 2.75) is 13.0 Å². The van der Waals surface area contributed by atoms with Crippen molar-refractivity contribution in [1.29, 1.82) is 0 Å². The van der Waals surface area contributed by atoms with E-state index in [0.29, 0.717) is 0 Å². The zero-order valence-electron chi connectivity index (χ0n) is 7.00. The number of carbonyl (C=O) groups excluding carboxylic acids is 1. The first-order valence-electron chi connectivity index (χ1n) is 3.30. The fourth-order valence-electron chi connectivity index (χ4n) is 0.644. The third-order valence-electron chi connectivity index (χ3n) is 1.07. The van der Waals surface area contributed by atoms with Gasteiger partial charge in [0.05, 0.1) is 13.2 Å². The van der Waals surface area contributed by atoms with Crippen LogP contribution in [0, 0.1) is 0 Å². The molecule has 5 nitrogen and oxygen atoms in total. The lowest BCUT2D eigenvalue weighted by molar-refractivity contribution is 0.0802. The fraction of sp³-hybridized carbons (Fsp3) is 0.833. The Morgan fingerprint density at radius 1 is 1.82 bits per heavy atom. The van der Waals surface area contributed by atoms with Crippen LogP contribution in [0.5, 0.6) is 0 Å². The van der Waals surface area contributed by atoms with E-state index in [9.17, 15) is 4.79 Å². The molecule has 0 aromatic heterocycles. The average Bonchev–Trinajstić information content (AvgIpc) is 1.86. The predicted molar refractivity (Wildman–Crippen MR) is 39.9 cm³/mol. The van der Waals surface area contributed by atoms with Gasteiger partial charge in [-0.25, -0.2) is 10.3 Å². The number of hydrogen-bond donors (Lipinski definition) is 2. The van der Waals surface area contributed by atoms with Gasteiger partial charge >= 0.3 is 6.03 Å². The minimum absolute atomic E-state index is 0.287. The van der Waals surface area contributed by atoms with Gasteiger partial charge in [-0.3, -0.25) is 4.84 Å². The number of nitrogens with one attached hydrogen (secondary N) is 1. The summed E-state index contributed by atoms with van der Waals surface area (Å²) in [4.78, 5) is 16.6. The molecule has 0 saturated heterocycles. The third kappa shape index (κ3) is 4.58. The summed E-state index contributed by atoms with van der Waals surface area (Å²) >= 11 is 0. The highest BCUT2D eigenvalue weighted by atomic mass is 16.6. The Morgan fingerprint density at radius 3 is 2.73 bits per heavy atom. The Balaban J connectivity index is 3.64. The SMILES string of the molecule is CONC(=O)N(C)C[C@H](C)O. The van der Waals surface area contributed by atoms with Crippen LogP contribution >= 0.6 is 0 Å². The number of carbonyl (C=O) groups is 1. The smallest absolute Gasteiger partial charge is 0.341 e. The van der Waals surface area contributed by atoms with Gasteiger partial charge in [-0.1, -0.05) is 0 Å². The van der Waals surface area contributed by atoms with Crippen molar-refractivity contribution in [2.24, 2.45) is 0 Å². The summed E-state index contributed by atoms with van der Waals surface area (Å²) in [7, 11) is 2.93. The van der Waals surface area contributed by atoms with E-state index in [1.165, 1.54) is 12.0 Å². The van der Waals surface area contributed by atoms with Crippen molar-refractivity contribution in [2.75, 3.05) is 20.7 Å². The zero-order chi connectivity index (χ0) is 8.85. The summed E-state index contributed by atoms with van der Waals surface area (Å²) in [5.74, 6) is 0. The van der Waals surface area contributed by atoms with Crippen molar-refractivity contribution < 1.29 is 14.7 Å². The molecule has 11 heavy (non-hydrogen) atoms. The minimum atomic E-state index is -0.525. The summed E-state index contributed by atoms with van der Waals surface area (Å²) in [6, 6.07) is -0.367. The maximum absolute atomic E-state index is 10.9. The van der Waals surface area contributed by atoms with Gasteiger partial charge in [0.15, 0.2) is 0 Å². The minimum Gasteiger partial charge on any atom is -0.392 e. The van der Waals surface area contributed by atoms with Crippen molar-refractivity contribution in [3.8, 4) is 0 Å². The number of aliphatic hydroxyl groups is 1. The Hall–Kier alpha value is -0.810. The van der Waals surface area contributed by atoms with Crippen LogP contribution in [0.25, 0.3) is 0 Å². The van der Waals surface area contributed by atoms with E-state index in [1.807, 2.05) is 0 Å². The highest BCUT2D eigenvalue weighted by Crippen LogP contribution is 1.87. The van der Waals surface area contributed by atoms with E-state index in [1.54, 1.807) is 14.0 Å². The molecule has 0 radical (unpaired) electrons. The first kappa shape index (κ1) is 10.2.